The van der Waals surface area contributed by atoms with Gasteiger partial charge in [-0.3, -0.25) is 4.79 Å². The first kappa shape index (κ1) is 9.31. The van der Waals surface area contributed by atoms with E-state index in [0.29, 0.717) is 0 Å². The first-order valence-electron chi connectivity index (χ1n) is 3.47. The zero-order chi connectivity index (χ0) is 9.41. The van der Waals surface area contributed by atoms with Crippen molar-refractivity contribution >= 4 is 5.91 Å². The fraction of sp³-hybridized carbons (Fsp3) is 0.833. The summed E-state index contributed by atoms with van der Waals surface area (Å²) in [5.41, 5.74) is 2.72. The summed E-state index contributed by atoms with van der Waals surface area (Å²) in [5.74, 6) is -0.638. The third kappa shape index (κ3) is 1.52. The van der Waals surface area contributed by atoms with Crippen molar-refractivity contribution < 1.29 is 18.0 Å². The highest BCUT2D eigenvalue weighted by Gasteiger charge is 2.53. The van der Waals surface area contributed by atoms with E-state index in [1.165, 1.54) is 0 Å². The summed E-state index contributed by atoms with van der Waals surface area (Å²) in [7, 11) is 0. The number of piperidine rings is 1. The topological polar surface area (TPSA) is 55.1 Å². The first-order valence-corrected chi connectivity index (χ1v) is 3.47. The summed E-state index contributed by atoms with van der Waals surface area (Å²) in [5, 5.41) is 2.29. The Labute approximate surface area is 67.1 Å². The van der Waals surface area contributed by atoms with Crippen molar-refractivity contribution in [3.63, 3.8) is 0 Å². The van der Waals surface area contributed by atoms with E-state index >= 15 is 0 Å². The van der Waals surface area contributed by atoms with Crippen molar-refractivity contribution in [2.24, 2.45) is 5.73 Å². The van der Waals surface area contributed by atoms with Gasteiger partial charge in [-0.05, 0) is 6.42 Å². The molecule has 1 fully saturated rings. The predicted octanol–water partition coefficient (Wildman–Crippen LogP) is 0.156. The molecule has 1 heterocycles. The molecule has 3 nitrogen and oxygen atoms in total. The third-order valence-electron chi connectivity index (χ3n) is 1.93. The number of amides is 1. The van der Waals surface area contributed by atoms with Gasteiger partial charge in [-0.15, -0.1) is 0 Å². The average molecular weight is 182 g/mol. The normalized spacial score (nSPS) is 31.5. The van der Waals surface area contributed by atoms with E-state index in [1.54, 1.807) is 0 Å². The van der Waals surface area contributed by atoms with Crippen LogP contribution in [0.4, 0.5) is 13.2 Å². The maximum absolute atomic E-state index is 12.2. The summed E-state index contributed by atoms with van der Waals surface area (Å²) < 4.78 is 36.6. The summed E-state index contributed by atoms with van der Waals surface area (Å²) in [6.45, 7) is -0.00512. The van der Waals surface area contributed by atoms with Crippen molar-refractivity contribution in [2.75, 3.05) is 6.54 Å². The molecule has 0 spiro atoms. The molecule has 0 radical (unpaired) electrons. The van der Waals surface area contributed by atoms with Gasteiger partial charge in [0.25, 0.3) is 0 Å². The molecule has 0 bridgehead atoms. The van der Waals surface area contributed by atoms with E-state index in [9.17, 15) is 18.0 Å². The van der Waals surface area contributed by atoms with E-state index in [1.807, 2.05) is 0 Å². The van der Waals surface area contributed by atoms with E-state index < -0.39 is 24.0 Å². The molecule has 0 aliphatic carbocycles. The van der Waals surface area contributed by atoms with Crippen LogP contribution >= 0.6 is 0 Å². The second-order valence-corrected chi connectivity index (χ2v) is 2.93. The molecule has 0 aromatic rings. The van der Waals surface area contributed by atoms with Crippen LogP contribution in [0.15, 0.2) is 0 Å². The Balaban J connectivity index is 2.77. The molecule has 6 heteroatoms. The SMILES string of the molecule is NC1(C(F)(F)F)CCNC(=O)C1. The maximum Gasteiger partial charge on any atom is 0.406 e. The second kappa shape index (κ2) is 2.62. The van der Waals surface area contributed by atoms with Gasteiger partial charge in [-0.2, -0.15) is 13.2 Å². The molecular weight excluding hydrogens is 173 g/mol. The van der Waals surface area contributed by atoms with Crippen LogP contribution in [0.25, 0.3) is 0 Å². The van der Waals surface area contributed by atoms with Gasteiger partial charge in [0.05, 0.1) is 6.42 Å². The highest BCUT2D eigenvalue weighted by atomic mass is 19.4. The summed E-state index contributed by atoms with van der Waals surface area (Å²) >= 11 is 0. The van der Waals surface area contributed by atoms with Crippen molar-refractivity contribution in [3.8, 4) is 0 Å². The Kier molecular flexibility index (Phi) is 2.03. The monoisotopic (exact) mass is 182 g/mol. The van der Waals surface area contributed by atoms with Crippen LogP contribution in [0.3, 0.4) is 0 Å². The molecule has 1 aliphatic rings. The van der Waals surface area contributed by atoms with Crippen molar-refractivity contribution in [1.29, 1.82) is 0 Å². The molecular formula is C6H9F3N2O. The summed E-state index contributed by atoms with van der Waals surface area (Å²) in [4.78, 5) is 10.6. The van der Waals surface area contributed by atoms with Gasteiger partial charge >= 0.3 is 6.18 Å². The number of carbonyl (C=O) groups excluding carboxylic acids is 1. The van der Waals surface area contributed by atoms with Crippen molar-refractivity contribution in [2.45, 2.75) is 24.6 Å². The second-order valence-electron chi connectivity index (χ2n) is 2.93. The van der Waals surface area contributed by atoms with Gasteiger partial charge in [0.15, 0.2) is 0 Å². The zero-order valence-electron chi connectivity index (χ0n) is 6.24. The van der Waals surface area contributed by atoms with Crippen molar-refractivity contribution in [3.05, 3.63) is 0 Å². The molecule has 1 rings (SSSR count). The van der Waals surface area contributed by atoms with E-state index in [4.69, 9.17) is 5.73 Å². The minimum absolute atomic E-state index is 0.00512. The minimum atomic E-state index is -4.50. The minimum Gasteiger partial charge on any atom is -0.356 e. The molecule has 0 saturated carbocycles. The Morgan fingerprint density at radius 1 is 1.50 bits per heavy atom. The fourth-order valence-corrected chi connectivity index (χ4v) is 1.10. The summed E-state index contributed by atoms with van der Waals surface area (Å²) in [6.07, 6.45) is -5.41. The van der Waals surface area contributed by atoms with Crippen LogP contribution in [0, 0.1) is 0 Å². The number of hydrogen-bond donors (Lipinski definition) is 2. The summed E-state index contributed by atoms with van der Waals surface area (Å²) in [6, 6.07) is 0. The van der Waals surface area contributed by atoms with E-state index in [2.05, 4.69) is 5.32 Å². The maximum atomic E-state index is 12.2. The van der Waals surface area contributed by atoms with Gasteiger partial charge in [0.1, 0.15) is 5.54 Å². The third-order valence-corrected chi connectivity index (χ3v) is 1.93. The highest BCUT2D eigenvalue weighted by Crippen LogP contribution is 2.34. The smallest absolute Gasteiger partial charge is 0.356 e. The van der Waals surface area contributed by atoms with Crippen LogP contribution in [0.5, 0.6) is 0 Å². The highest BCUT2D eigenvalue weighted by molar-refractivity contribution is 5.78. The lowest BCUT2D eigenvalue weighted by Crippen LogP contribution is -2.60. The van der Waals surface area contributed by atoms with Crippen LogP contribution in [-0.4, -0.2) is 24.2 Å². The largest absolute Gasteiger partial charge is 0.406 e. The molecule has 1 saturated heterocycles. The lowest BCUT2D eigenvalue weighted by atomic mass is 9.88. The molecule has 1 unspecified atom stereocenters. The van der Waals surface area contributed by atoms with Gasteiger partial charge in [-0.25, -0.2) is 0 Å². The predicted molar refractivity (Wildman–Crippen MR) is 35.2 cm³/mol. The average Bonchev–Trinajstić information content (AvgIpc) is 1.83. The number of alkyl halides is 3. The van der Waals surface area contributed by atoms with Gasteiger partial charge in [-0.1, -0.05) is 0 Å². The van der Waals surface area contributed by atoms with Gasteiger partial charge in [0, 0.05) is 6.54 Å². The van der Waals surface area contributed by atoms with Crippen molar-refractivity contribution in [1.82, 2.24) is 5.32 Å². The number of rotatable bonds is 0. The van der Waals surface area contributed by atoms with Crippen LogP contribution in [0.2, 0.25) is 0 Å². The van der Waals surface area contributed by atoms with E-state index in [-0.39, 0.29) is 13.0 Å². The quantitative estimate of drug-likeness (QED) is 0.560. The molecule has 3 N–H and O–H groups in total. The zero-order valence-corrected chi connectivity index (χ0v) is 6.24. The lowest BCUT2D eigenvalue weighted by molar-refractivity contribution is -0.194. The number of nitrogens with two attached hydrogens (primary N) is 1. The lowest BCUT2D eigenvalue weighted by Gasteiger charge is -2.34. The van der Waals surface area contributed by atoms with Crippen LogP contribution < -0.4 is 11.1 Å². The number of hydrogen-bond acceptors (Lipinski definition) is 2. The standard InChI is InChI=1S/C6H9F3N2O/c7-6(8,9)5(10)1-2-11-4(12)3-5/h1-3,10H2,(H,11,12). The Bertz CT molecular complexity index is 203. The Morgan fingerprint density at radius 2 is 2.08 bits per heavy atom. The number of halogens is 3. The van der Waals surface area contributed by atoms with Gasteiger partial charge < -0.3 is 11.1 Å². The van der Waals surface area contributed by atoms with Crippen LogP contribution in [-0.2, 0) is 4.79 Å². The molecule has 1 atom stereocenters. The molecule has 0 aromatic carbocycles. The fourth-order valence-electron chi connectivity index (χ4n) is 1.10. The molecule has 12 heavy (non-hydrogen) atoms. The van der Waals surface area contributed by atoms with E-state index in [0.717, 1.165) is 0 Å². The number of carbonyl (C=O) groups is 1. The molecule has 1 aliphatic heterocycles. The molecule has 70 valence electrons. The number of nitrogens with one attached hydrogen (secondary N) is 1. The van der Waals surface area contributed by atoms with Crippen LogP contribution in [0.1, 0.15) is 12.8 Å². The first-order chi connectivity index (χ1) is 5.35. The molecule has 1 amide bonds. The molecule has 0 aromatic heterocycles. The van der Waals surface area contributed by atoms with Gasteiger partial charge in [0.2, 0.25) is 5.91 Å². The Hall–Kier alpha value is -0.780. The Morgan fingerprint density at radius 3 is 2.42 bits per heavy atom.